The SMILES string of the molecule is C#CC(=O)N1CCC2(CC1)CN(c1ccc(C3=CC(c4cnn(C)c4)=CN/C3=C(/C#N)C=N)cn1)C2. The molecule has 5 heterocycles. The maximum Gasteiger partial charge on any atom is 0.298 e. The molecule has 0 unspecified atom stereocenters. The fourth-order valence-corrected chi connectivity index (χ4v) is 5.09. The highest BCUT2D eigenvalue weighted by atomic mass is 16.2. The standard InChI is InChI=1S/C27H26N8O/c1-3-25(36)34-8-6-27(7-9-34)17-35(18-27)24-5-4-19(13-30-24)23-10-20(22-15-32-33(2)16-22)14-31-26(23)21(11-28)12-29/h1,4-5,10-11,13-16,28,31H,6-9,17-18H2,2H3/b26-21+,28-11?. The van der Waals surface area contributed by atoms with Gasteiger partial charge in [0.15, 0.2) is 0 Å². The number of nitriles is 1. The number of pyridine rings is 1. The molecule has 9 nitrogen and oxygen atoms in total. The smallest absolute Gasteiger partial charge is 0.298 e. The molecule has 9 heteroatoms. The number of dihydropyridines is 1. The van der Waals surface area contributed by atoms with E-state index in [1.165, 1.54) is 0 Å². The molecule has 3 aliphatic heterocycles. The molecule has 180 valence electrons. The second-order valence-electron chi connectivity index (χ2n) is 9.45. The Labute approximate surface area is 209 Å². The van der Waals surface area contributed by atoms with Crippen molar-refractivity contribution in [1.82, 2.24) is 25.0 Å². The van der Waals surface area contributed by atoms with Crippen LogP contribution in [-0.4, -0.2) is 58.0 Å². The first-order valence-corrected chi connectivity index (χ1v) is 11.7. The molecule has 3 aliphatic rings. The molecule has 0 radical (unpaired) electrons. The highest BCUT2D eigenvalue weighted by molar-refractivity contribution is 5.97. The Balaban J connectivity index is 1.34. The molecule has 2 aromatic heterocycles. The fourth-order valence-electron chi connectivity index (χ4n) is 5.09. The van der Waals surface area contributed by atoms with Crippen molar-refractivity contribution in [3.8, 4) is 18.4 Å². The van der Waals surface area contributed by atoms with Crippen molar-refractivity contribution in [2.24, 2.45) is 12.5 Å². The number of piperidine rings is 1. The van der Waals surface area contributed by atoms with Crippen LogP contribution in [0.4, 0.5) is 5.82 Å². The van der Waals surface area contributed by atoms with Crippen molar-refractivity contribution in [3.63, 3.8) is 0 Å². The van der Waals surface area contributed by atoms with E-state index in [4.69, 9.17) is 16.8 Å². The first kappa shape index (κ1) is 23.1. The van der Waals surface area contributed by atoms with Crippen LogP contribution in [0, 0.1) is 34.5 Å². The number of allylic oxidation sites excluding steroid dienone is 4. The lowest BCUT2D eigenvalue weighted by atomic mass is 9.72. The Kier molecular flexibility index (Phi) is 5.91. The third kappa shape index (κ3) is 4.16. The van der Waals surface area contributed by atoms with E-state index in [0.29, 0.717) is 18.8 Å². The average Bonchev–Trinajstić information content (AvgIpc) is 3.34. The number of nitrogens with one attached hydrogen (secondary N) is 2. The number of hydrogen-bond donors (Lipinski definition) is 2. The van der Waals surface area contributed by atoms with Gasteiger partial charge < -0.3 is 20.5 Å². The Morgan fingerprint density at radius 3 is 2.61 bits per heavy atom. The molecule has 2 fully saturated rings. The number of aromatic nitrogens is 3. The zero-order chi connectivity index (χ0) is 25.3. The van der Waals surface area contributed by atoms with Crippen molar-refractivity contribution in [2.75, 3.05) is 31.1 Å². The van der Waals surface area contributed by atoms with E-state index in [1.807, 2.05) is 43.9 Å². The Bertz CT molecular complexity index is 1380. The van der Waals surface area contributed by atoms with Crippen LogP contribution in [0.5, 0.6) is 0 Å². The highest BCUT2D eigenvalue weighted by Crippen LogP contribution is 2.42. The van der Waals surface area contributed by atoms with E-state index < -0.39 is 0 Å². The van der Waals surface area contributed by atoms with Gasteiger partial charge in [0, 0.05) is 85.7 Å². The summed E-state index contributed by atoms with van der Waals surface area (Å²) in [6.07, 6.45) is 17.5. The van der Waals surface area contributed by atoms with Gasteiger partial charge in [0.2, 0.25) is 0 Å². The summed E-state index contributed by atoms with van der Waals surface area (Å²) in [5.74, 6) is 2.89. The lowest BCUT2D eigenvalue weighted by molar-refractivity contribution is -0.127. The number of carbonyl (C=O) groups excluding carboxylic acids is 1. The summed E-state index contributed by atoms with van der Waals surface area (Å²) < 4.78 is 1.74. The quantitative estimate of drug-likeness (QED) is 0.396. The number of anilines is 1. The summed E-state index contributed by atoms with van der Waals surface area (Å²) in [4.78, 5) is 20.5. The predicted molar refractivity (Wildman–Crippen MR) is 137 cm³/mol. The lowest BCUT2D eigenvalue weighted by Gasteiger charge is -2.54. The molecular weight excluding hydrogens is 452 g/mol. The van der Waals surface area contributed by atoms with Crippen LogP contribution in [0.1, 0.15) is 24.0 Å². The second-order valence-corrected chi connectivity index (χ2v) is 9.45. The molecule has 2 N–H and O–H groups in total. The van der Waals surface area contributed by atoms with Crippen LogP contribution in [0.2, 0.25) is 0 Å². The lowest BCUT2D eigenvalue weighted by Crippen LogP contribution is -2.61. The van der Waals surface area contributed by atoms with Gasteiger partial charge >= 0.3 is 0 Å². The summed E-state index contributed by atoms with van der Waals surface area (Å²) in [5, 5.41) is 24.7. The molecule has 2 aromatic rings. The van der Waals surface area contributed by atoms with Gasteiger partial charge in [-0.3, -0.25) is 9.48 Å². The average molecular weight is 479 g/mol. The molecule has 36 heavy (non-hydrogen) atoms. The molecule has 1 amide bonds. The van der Waals surface area contributed by atoms with Gasteiger partial charge in [0.1, 0.15) is 11.9 Å². The number of rotatable bonds is 4. The molecule has 0 saturated carbocycles. The van der Waals surface area contributed by atoms with Gasteiger partial charge in [-0.05, 0) is 37.0 Å². The number of terminal acetylenes is 1. The van der Waals surface area contributed by atoms with Crippen molar-refractivity contribution >= 4 is 29.1 Å². The number of likely N-dealkylation sites (tertiary alicyclic amines) is 1. The monoisotopic (exact) mass is 478 g/mol. The van der Waals surface area contributed by atoms with Gasteiger partial charge in [-0.2, -0.15) is 10.4 Å². The van der Waals surface area contributed by atoms with E-state index in [2.05, 4.69) is 27.3 Å². The largest absolute Gasteiger partial charge is 0.359 e. The Hall–Kier alpha value is -4.63. The highest BCUT2D eigenvalue weighted by Gasteiger charge is 2.45. The summed E-state index contributed by atoms with van der Waals surface area (Å²) in [6, 6.07) is 6.09. The van der Waals surface area contributed by atoms with Crippen LogP contribution in [0.25, 0.3) is 11.1 Å². The molecule has 0 aliphatic carbocycles. The minimum atomic E-state index is -0.220. The fraction of sp³-hybridized carbons (Fsp3) is 0.296. The van der Waals surface area contributed by atoms with E-state index in [1.54, 1.807) is 15.8 Å². The molecule has 0 bridgehead atoms. The van der Waals surface area contributed by atoms with E-state index in [0.717, 1.165) is 60.2 Å². The van der Waals surface area contributed by atoms with Crippen molar-refractivity contribution < 1.29 is 4.79 Å². The van der Waals surface area contributed by atoms with Gasteiger partial charge in [0.05, 0.1) is 17.5 Å². The summed E-state index contributed by atoms with van der Waals surface area (Å²) in [5.41, 5.74) is 4.54. The minimum absolute atomic E-state index is 0.215. The Morgan fingerprint density at radius 2 is 2.03 bits per heavy atom. The maximum atomic E-state index is 11.8. The van der Waals surface area contributed by atoms with Crippen LogP contribution in [0.3, 0.4) is 0 Å². The third-order valence-electron chi connectivity index (χ3n) is 7.18. The summed E-state index contributed by atoms with van der Waals surface area (Å²) in [6.45, 7) is 3.24. The van der Waals surface area contributed by atoms with Crippen LogP contribution < -0.4 is 10.2 Å². The van der Waals surface area contributed by atoms with E-state index in [9.17, 15) is 10.1 Å². The zero-order valence-electron chi connectivity index (χ0n) is 20.0. The minimum Gasteiger partial charge on any atom is -0.359 e. The molecule has 2 saturated heterocycles. The van der Waals surface area contributed by atoms with Crippen LogP contribution in [-0.2, 0) is 11.8 Å². The van der Waals surface area contributed by atoms with Gasteiger partial charge in [0.25, 0.3) is 5.91 Å². The first-order valence-electron chi connectivity index (χ1n) is 11.7. The van der Waals surface area contributed by atoms with Gasteiger partial charge in [-0.1, -0.05) is 0 Å². The predicted octanol–water partition coefficient (Wildman–Crippen LogP) is 2.33. The van der Waals surface area contributed by atoms with E-state index in [-0.39, 0.29) is 16.9 Å². The number of amides is 1. The third-order valence-corrected chi connectivity index (χ3v) is 7.18. The number of carbonyl (C=O) groups is 1. The zero-order valence-corrected chi connectivity index (χ0v) is 20.0. The number of hydrogen-bond acceptors (Lipinski definition) is 7. The number of aryl methyl sites for hydroxylation is 1. The summed E-state index contributed by atoms with van der Waals surface area (Å²) in [7, 11) is 1.86. The molecule has 5 rings (SSSR count). The molecule has 1 spiro atoms. The van der Waals surface area contributed by atoms with Gasteiger partial charge in [-0.15, -0.1) is 6.42 Å². The Morgan fingerprint density at radius 1 is 1.25 bits per heavy atom. The van der Waals surface area contributed by atoms with Gasteiger partial charge in [-0.25, -0.2) is 4.98 Å². The molecule has 0 aromatic carbocycles. The maximum absolute atomic E-state index is 11.8. The van der Waals surface area contributed by atoms with E-state index >= 15 is 0 Å². The van der Waals surface area contributed by atoms with Crippen molar-refractivity contribution in [2.45, 2.75) is 12.8 Å². The first-order chi connectivity index (χ1) is 17.4. The molecule has 0 atom stereocenters. The second kappa shape index (κ2) is 9.20. The van der Waals surface area contributed by atoms with Crippen LogP contribution >= 0.6 is 0 Å². The topological polar surface area (TPSA) is 114 Å². The van der Waals surface area contributed by atoms with Crippen LogP contribution in [0.15, 0.2) is 54.3 Å². The normalized spacial score (nSPS) is 19.8. The van der Waals surface area contributed by atoms with Crippen molar-refractivity contribution in [1.29, 1.82) is 10.7 Å². The van der Waals surface area contributed by atoms with Crippen molar-refractivity contribution in [3.05, 3.63) is 65.4 Å². The molecular formula is C27H26N8O. The number of nitrogens with zero attached hydrogens (tertiary/aromatic N) is 6. The summed E-state index contributed by atoms with van der Waals surface area (Å²) >= 11 is 0.